The Morgan fingerprint density at radius 2 is 1.58 bits per heavy atom. The van der Waals surface area contributed by atoms with Crippen molar-refractivity contribution >= 4 is 51.4 Å². The predicted octanol–water partition coefficient (Wildman–Crippen LogP) is 5.13. The van der Waals surface area contributed by atoms with Gasteiger partial charge in [-0.25, -0.2) is 14.8 Å². The number of hydrogen-bond donors (Lipinski definition) is 1. The number of aryl methyl sites for hydroxylation is 3. The van der Waals surface area contributed by atoms with E-state index >= 15 is 0 Å². The van der Waals surface area contributed by atoms with Crippen LogP contribution in [0, 0.1) is 20.8 Å². The molecule has 0 radical (unpaired) electrons. The fourth-order valence-electron chi connectivity index (χ4n) is 5.13. The highest BCUT2D eigenvalue weighted by Crippen LogP contribution is 2.34. The van der Waals surface area contributed by atoms with E-state index in [2.05, 4.69) is 4.99 Å². The second-order valence-corrected chi connectivity index (χ2v) is 10.3. The number of benzene rings is 3. The van der Waals surface area contributed by atoms with E-state index < -0.39 is 28.8 Å². The van der Waals surface area contributed by atoms with Crippen molar-refractivity contribution in [3.8, 4) is 5.95 Å². The van der Waals surface area contributed by atoms with Crippen LogP contribution in [0.25, 0.3) is 28.0 Å². The van der Waals surface area contributed by atoms with Crippen LogP contribution >= 0.6 is 0 Å². The van der Waals surface area contributed by atoms with E-state index in [1.807, 2.05) is 13.0 Å². The molecule has 10 heteroatoms. The van der Waals surface area contributed by atoms with Gasteiger partial charge in [-0.3, -0.25) is 14.4 Å². The third-order valence-electron chi connectivity index (χ3n) is 7.21. The third kappa shape index (κ3) is 4.68. The van der Waals surface area contributed by atoms with Gasteiger partial charge in [0.2, 0.25) is 11.3 Å². The smallest absolute Gasteiger partial charge is 0.336 e. The van der Waals surface area contributed by atoms with Crippen molar-refractivity contribution in [2.45, 2.75) is 27.7 Å². The van der Waals surface area contributed by atoms with E-state index in [9.17, 15) is 24.3 Å². The quantitative estimate of drug-likeness (QED) is 0.231. The van der Waals surface area contributed by atoms with E-state index in [0.29, 0.717) is 33.3 Å². The zero-order chi connectivity index (χ0) is 30.6. The highest BCUT2D eigenvalue weighted by atomic mass is 16.5. The Bertz CT molecular complexity index is 2180. The molecular weight excluding hydrogens is 550 g/mol. The number of hydrogen-bond acceptors (Lipinski definition) is 9. The number of fused-ring (bicyclic) bond motifs is 2. The monoisotopic (exact) mass is 575 g/mol. The van der Waals surface area contributed by atoms with Crippen LogP contribution in [-0.2, 0) is 9.59 Å². The predicted molar refractivity (Wildman–Crippen MR) is 162 cm³/mol. The van der Waals surface area contributed by atoms with Gasteiger partial charge in [0, 0.05) is 23.9 Å². The molecule has 43 heavy (non-hydrogen) atoms. The molecule has 0 aliphatic carbocycles. The normalized spacial score (nSPS) is 14.6. The number of carbonyl (C=O) groups is 2. The molecule has 0 saturated heterocycles. The summed E-state index contributed by atoms with van der Waals surface area (Å²) in [6, 6.07) is 18.6. The lowest BCUT2D eigenvalue weighted by molar-refractivity contribution is -0.141. The van der Waals surface area contributed by atoms with Gasteiger partial charge in [0.05, 0.1) is 11.1 Å². The lowest BCUT2D eigenvalue weighted by Gasteiger charge is -2.38. The maximum atomic E-state index is 14.0. The lowest BCUT2D eigenvalue weighted by Crippen LogP contribution is -2.56. The molecule has 0 fully saturated rings. The molecule has 6 rings (SSSR count). The second kappa shape index (κ2) is 10.3. The molecule has 3 heterocycles. The zero-order valence-electron chi connectivity index (χ0n) is 23.7. The SMILES string of the molecule is CC(=O)N1C(=O)/C(=C\c2c(O)oc3cc(C)ccc3c2=O)N=C(c2ccccc2)N1c1cc2c(C)cc(=O)oc2cc1C. The fraction of sp³-hybridized carbons (Fsp3) is 0.121. The Kier molecular flexibility index (Phi) is 6.53. The number of aromatic hydroxyl groups is 1. The molecule has 1 aliphatic heterocycles. The van der Waals surface area contributed by atoms with Crippen LogP contribution in [0.5, 0.6) is 5.95 Å². The van der Waals surface area contributed by atoms with Crippen LogP contribution in [0.2, 0.25) is 0 Å². The molecule has 0 unspecified atom stereocenters. The fourth-order valence-corrected chi connectivity index (χ4v) is 5.13. The number of rotatable bonds is 3. The summed E-state index contributed by atoms with van der Waals surface area (Å²) in [7, 11) is 0. The number of aliphatic imine (C=N–C) groups is 1. The highest BCUT2D eigenvalue weighted by molar-refractivity contribution is 6.22. The summed E-state index contributed by atoms with van der Waals surface area (Å²) in [5.41, 5.74) is 2.05. The first-order valence-electron chi connectivity index (χ1n) is 13.4. The molecule has 5 aromatic rings. The van der Waals surface area contributed by atoms with Gasteiger partial charge in [0.25, 0.3) is 11.9 Å². The Morgan fingerprint density at radius 3 is 2.30 bits per heavy atom. The maximum Gasteiger partial charge on any atom is 0.336 e. The minimum Gasteiger partial charge on any atom is -0.480 e. The molecular formula is C33H25N3O7. The van der Waals surface area contributed by atoms with Crippen LogP contribution in [0.1, 0.15) is 34.7 Å². The number of amidine groups is 1. The summed E-state index contributed by atoms with van der Waals surface area (Å²) in [6.07, 6.45) is 1.13. The first-order valence-corrected chi connectivity index (χ1v) is 13.4. The van der Waals surface area contributed by atoms with Crippen molar-refractivity contribution in [2.24, 2.45) is 4.99 Å². The first kappa shape index (κ1) is 27.4. The molecule has 2 aromatic heterocycles. The molecule has 0 spiro atoms. The van der Waals surface area contributed by atoms with Crippen LogP contribution < -0.4 is 16.1 Å². The van der Waals surface area contributed by atoms with E-state index in [4.69, 9.17) is 8.83 Å². The summed E-state index contributed by atoms with van der Waals surface area (Å²) in [5, 5.41) is 13.8. The Hall–Kier alpha value is -5.77. The molecule has 3 aromatic carbocycles. The molecule has 2 amide bonds. The maximum absolute atomic E-state index is 14.0. The van der Waals surface area contributed by atoms with Gasteiger partial charge in [0.1, 0.15) is 22.4 Å². The summed E-state index contributed by atoms with van der Waals surface area (Å²) in [4.78, 5) is 57.2. The van der Waals surface area contributed by atoms with Gasteiger partial charge in [-0.2, -0.15) is 5.01 Å². The van der Waals surface area contributed by atoms with Gasteiger partial charge < -0.3 is 13.9 Å². The largest absolute Gasteiger partial charge is 0.480 e. The van der Waals surface area contributed by atoms with E-state index in [-0.39, 0.29) is 28.1 Å². The molecule has 0 bridgehead atoms. The lowest BCUT2D eigenvalue weighted by atomic mass is 10.0. The number of amides is 2. The van der Waals surface area contributed by atoms with Gasteiger partial charge >= 0.3 is 5.63 Å². The van der Waals surface area contributed by atoms with E-state index in [1.54, 1.807) is 68.4 Å². The molecule has 0 saturated carbocycles. The van der Waals surface area contributed by atoms with Gasteiger partial charge in [0.15, 0.2) is 5.84 Å². The topological polar surface area (TPSA) is 134 Å². The summed E-state index contributed by atoms with van der Waals surface area (Å²) in [6.45, 7) is 6.58. The van der Waals surface area contributed by atoms with Crippen molar-refractivity contribution in [2.75, 3.05) is 5.01 Å². The van der Waals surface area contributed by atoms with Gasteiger partial charge in [-0.15, -0.1) is 0 Å². The average Bonchev–Trinajstić information content (AvgIpc) is 2.95. The molecule has 10 nitrogen and oxygen atoms in total. The van der Waals surface area contributed by atoms with Gasteiger partial charge in [-0.05, 0) is 67.8 Å². The molecule has 0 atom stereocenters. The third-order valence-corrected chi connectivity index (χ3v) is 7.21. The molecule has 1 aliphatic rings. The summed E-state index contributed by atoms with van der Waals surface area (Å²) < 4.78 is 10.9. The number of imide groups is 1. The molecule has 1 N–H and O–H groups in total. The van der Waals surface area contributed by atoms with Crippen molar-refractivity contribution in [3.63, 3.8) is 0 Å². The van der Waals surface area contributed by atoms with E-state index in [0.717, 1.165) is 16.6 Å². The number of anilines is 1. The van der Waals surface area contributed by atoms with E-state index in [1.165, 1.54) is 18.0 Å². The minimum absolute atomic E-state index is 0.197. The zero-order valence-corrected chi connectivity index (χ0v) is 23.7. The number of hydrazine groups is 1. The van der Waals surface area contributed by atoms with Crippen molar-refractivity contribution in [1.29, 1.82) is 0 Å². The highest BCUT2D eigenvalue weighted by Gasteiger charge is 2.38. The van der Waals surface area contributed by atoms with Crippen molar-refractivity contribution < 1.29 is 23.5 Å². The van der Waals surface area contributed by atoms with Crippen LogP contribution in [-0.4, -0.2) is 27.8 Å². The Morgan fingerprint density at radius 1 is 0.860 bits per heavy atom. The second-order valence-electron chi connectivity index (χ2n) is 10.3. The summed E-state index contributed by atoms with van der Waals surface area (Å²) in [5.74, 6) is -1.93. The minimum atomic E-state index is -0.828. The Labute approximate surface area is 244 Å². The number of nitrogens with zero attached hydrogens (tertiary/aromatic N) is 3. The first-order chi connectivity index (χ1) is 20.5. The summed E-state index contributed by atoms with van der Waals surface area (Å²) >= 11 is 0. The van der Waals surface area contributed by atoms with Gasteiger partial charge in [-0.1, -0.05) is 36.4 Å². The molecule has 214 valence electrons. The number of carbonyl (C=O) groups excluding carboxylic acids is 2. The van der Waals surface area contributed by atoms with Crippen LogP contribution in [0.3, 0.4) is 0 Å². The van der Waals surface area contributed by atoms with Crippen molar-refractivity contribution in [1.82, 2.24) is 5.01 Å². The van der Waals surface area contributed by atoms with Crippen LogP contribution in [0.15, 0.2) is 95.8 Å². The van der Waals surface area contributed by atoms with Crippen molar-refractivity contribution in [3.05, 3.63) is 121 Å². The standard InChI is InChI=1S/C33H25N3O7/c1-17-10-11-22-27(12-17)43-33(41)24(30(22)39)15-25-32(40)35(20(4)37)36(31(34-25)21-8-6-5-7-9-21)26-16-23-18(2)14-29(38)42-28(23)13-19(26)3/h5-16,41H,1-4H3/b25-15+. The average molecular weight is 576 g/mol. The van der Waals surface area contributed by atoms with Crippen LogP contribution in [0.4, 0.5) is 5.69 Å². The Balaban J connectivity index is 1.63.